The molecule has 1 aliphatic heterocycles. The van der Waals surface area contributed by atoms with E-state index in [4.69, 9.17) is 4.74 Å². The highest BCUT2D eigenvalue weighted by Crippen LogP contribution is 2.50. The van der Waals surface area contributed by atoms with Crippen LogP contribution in [0.5, 0.6) is 5.75 Å². The molecule has 0 spiro atoms. The number of guanidine groups is 1. The van der Waals surface area contributed by atoms with Crippen molar-refractivity contribution in [3.05, 3.63) is 29.8 Å². The third kappa shape index (κ3) is 4.57. The van der Waals surface area contributed by atoms with Crippen molar-refractivity contribution in [1.82, 2.24) is 15.5 Å². The lowest BCUT2D eigenvalue weighted by atomic mass is 9.88. The Balaban J connectivity index is 1.29. The van der Waals surface area contributed by atoms with Crippen LogP contribution in [0.1, 0.15) is 56.9 Å². The molecule has 3 aliphatic rings. The minimum atomic E-state index is 0.128. The predicted molar refractivity (Wildman–Crippen MR) is 120 cm³/mol. The maximum atomic E-state index is 12.8. The number of benzene rings is 1. The molecule has 0 radical (unpaired) electrons. The van der Waals surface area contributed by atoms with Crippen molar-refractivity contribution >= 4 is 11.9 Å². The van der Waals surface area contributed by atoms with E-state index in [-0.39, 0.29) is 17.4 Å². The average molecular weight is 413 g/mol. The Morgan fingerprint density at radius 3 is 2.67 bits per heavy atom. The quantitative estimate of drug-likeness (QED) is 0.557. The highest BCUT2D eigenvalue weighted by molar-refractivity contribution is 5.81. The van der Waals surface area contributed by atoms with Gasteiger partial charge in [-0.2, -0.15) is 0 Å². The molecule has 30 heavy (non-hydrogen) atoms. The number of nitrogens with zero attached hydrogens (tertiary/aromatic N) is 2. The summed E-state index contributed by atoms with van der Waals surface area (Å²) in [5, 5.41) is 7.08. The molecule has 0 aromatic heterocycles. The molecule has 6 heteroatoms. The third-order valence-electron chi connectivity index (χ3n) is 7.14. The Labute approximate surface area is 180 Å². The molecule has 1 amide bonds. The van der Waals surface area contributed by atoms with Crippen LogP contribution in [0.15, 0.2) is 29.3 Å². The number of carbonyl (C=O) groups is 1. The largest absolute Gasteiger partial charge is 0.496 e. The van der Waals surface area contributed by atoms with Crippen LogP contribution >= 0.6 is 0 Å². The molecule has 1 atom stereocenters. The lowest BCUT2D eigenvalue weighted by Crippen LogP contribution is -2.47. The van der Waals surface area contributed by atoms with E-state index in [0.717, 1.165) is 63.4 Å². The zero-order chi connectivity index (χ0) is 21.0. The minimum Gasteiger partial charge on any atom is -0.496 e. The van der Waals surface area contributed by atoms with Gasteiger partial charge in [-0.1, -0.05) is 37.5 Å². The Morgan fingerprint density at radius 1 is 1.20 bits per heavy atom. The molecule has 2 aliphatic carbocycles. The van der Waals surface area contributed by atoms with E-state index in [2.05, 4.69) is 32.7 Å². The summed E-state index contributed by atoms with van der Waals surface area (Å²) in [6.07, 6.45) is 9.13. The average Bonchev–Trinajstić information content (AvgIpc) is 3.45. The number of ether oxygens (including phenoxy) is 1. The van der Waals surface area contributed by atoms with Crippen LogP contribution in [-0.4, -0.2) is 56.6 Å². The molecular weight excluding hydrogens is 376 g/mol. The summed E-state index contributed by atoms with van der Waals surface area (Å²) in [4.78, 5) is 19.3. The Bertz CT molecular complexity index is 768. The van der Waals surface area contributed by atoms with Crippen LogP contribution in [0.3, 0.4) is 0 Å². The van der Waals surface area contributed by atoms with Gasteiger partial charge in [-0.25, -0.2) is 0 Å². The van der Waals surface area contributed by atoms with Gasteiger partial charge >= 0.3 is 0 Å². The summed E-state index contributed by atoms with van der Waals surface area (Å²) in [5.41, 5.74) is 1.41. The topological polar surface area (TPSA) is 66.0 Å². The second-order valence-electron chi connectivity index (χ2n) is 9.16. The molecule has 2 N–H and O–H groups in total. The van der Waals surface area contributed by atoms with Crippen LogP contribution in [0.4, 0.5) is 0 Å². The molecule has 2 saturated carbocycles. The van der Waals surface area contributed by atoms with Crippen LogP contribution < -0.4 is 15.4 Å². The van der Waals surface area contributed by atoms with Gasteiger partial charge in [0.25, 0.3) is 0 Å². The van der Waals surface area contributed by atoms with E-state index in [1.165, 1.54) is 24.8 Å². The fourth-order valence-electron chi connectivity index (χ4n) is 5.10. The maximum Gasteiger partial charge on any atom is 0.225 e. The minimum absolute atomic E-state index is 0.128. The number of hydrogen-bond donors (Lipinski definition) is 2. The number of amides is 1. The van der Waals surface area contributed by atoms with Gasteiger partial charge in [-0.15, -0.1) is 0 Å². The fourth-order valence-corrected chi connectivity index (χ4v) is 5.10. The van der Waals surface area contributed by atoms with Gasteiger partial charge in [0.2, 0.25) is 5.91 Å². The summed E-state index contributed by atoms with van der Waals surface area (Å²) in [6.45, 7) is 2.48. The van der Waals surface area contributed by atoms with Gasteiger partial charge in [-0.3, -0.25) is 9.79 Å². The number of methoxy groups -OCH3 is 1. The highest BCUT2D eigenvalue weighted by Gasteiger charge is 2.46. The van der Waals surface area contributed by atoms with Gasteiger partial charge in [0, 0.05) is 49.6 Å². The van der Waals surface area contributed by atoms with Crippen molar-refractivity contribution in [2.45, 2.75) is 62.8 Å². The van der Waals surface area contributed by atoms with E-state index < -0.39 is 0 Å². The summed E-state index contributed by atoms with van der Waals surface area (Å²) >= 11 is 0. The van der Waals surface area contributed by atoms with E-state index >= 15 is 0 Å². The van der Waals surface area contributed by atoms with Crippen molar-refractivity contribution in [2.75, 3.05) is 33.8 Å². The van der Waals surface area contributed by atoms with E-state index in [1.54, 1.807) is 7.11 Å². The molecule has 3 fully saturated rings. The monoisotopic (exact) mass is 412 g/mol. The van der Waals surface area contributed by atoms with Gasteiger partial charge in [0.15, 0.2) is 5.96 Å². The van der Waals surface area contributed by atoms with Crippen molar-refractivity contribution in [3.63, 3.8) is 0 Å². The first-order valence-electron chi connectivity index (χ1n) is 11.5. The third-order valence-corrected chi connectivity index (χ3v) is 7.14. The van der Waals surface area contributed by atoms with Crippen molar-refractivity contribution in [2.24, 2.45) is 10.9 Å². The number of aliphatic imine (C=N–C) groups is 1. The first kappa shape index (κ1) is 21.0. The van der Waals surface area contributed by atoms with Crippen molar-refractivity contribution in [1.29, 1.82) is 0 Å². The molecule has 0 bridgehead atoms. The molecular formula is C24H36N4O2. The van der Waals surface area contributed by atoms with Gasteiger partial charge in [0.05, 0.1) is 7.11 Å². The molecule has 6 nitrogen and oxygen atoms in total. The second kappa shape index (κ2) is 9.27. The first-order valence-corrected chi connectivity index (χ1v) is 11.5. The van der Waals surface area contributed by atoms with E-state index in [1.807, 2.05) is 19.2 Å². The molecule has 1 unspecified atom stereocenters. The van der Waals surface area contributed by atoms with E-state index in [9.17, 15) is 4.79 Å². The number of hydrogen-bond acceptors (Lipinski definition) is 3. The lowest BCUT2D eigenvalue weighted by molar-refractivity contribution is -0.135. The van der Waals surface area contributed by atoms with E-state index in [0.29, 0.717) is 5.91 Å². The molecule has 1 aromatic carbocycles. The van der Waals surface area contributed by atoms with Gasteiger partial charge in [-0.05, 0) is 38.2 Å². The number of carbonyl (C=O) groups excluding carboxylic acids is 1. The number of rotatable bonds is 6. The highest BCUT2D eigenvalue weighted by atomic mass is 16.5. The number of likely N-dealkylation sites (tertiary alicyclic amines) is 1. The Morgan fingerprint density at radius 2 is 1.97 bits per heavy atom. The number of nitrogens with one attached hydrogen (secondary N) is 2. The zero-order valence-corrected chi connectivity index (χ0v) is 18.5. The summed E-state index contributed by atoms with van der Waals surface area (Å²) < 4.78 is 5.59. The predicted octanol–water partition coefficient (Wildman–Crippen LogP) is 3.07. The molecule has 164 valence electrons. The van der Waals surface area contributed by atoms with Crippen LogP contribution in [0.2, 0.25) is 0 Å². The number of para-hydroxylation sites is 1. The Kier molecular flexibility index (Phi) is 6.49. The van der Waals surface area contributed by atoms with Crippen molar-refractivity contribution in [3.8, 4) is 5.75 Å². The SMILES string of the molecule is CN=C(NCC1(c2ccccc2OC)CC1)NC1CCN(C(=O)C2CCCCC2)C1. The van der Waals surface area contributed by atoms with Crippen molar-refractivity contribution < 1.29 is 9.53 Å². The summed E-state index contributed by atoms with van der Waals surface area (Å²) in [5.74, 6) is 2.42. The molecule has 4 rings (SSSR count). The second-order valence-corrected chi connectivity index (χ2v) is 9.16. The summed E-state index contributed by atoms with van der Waals surface area (Å²) in [7, 11) is 3.56. The summed E-state index contributed by atoms with van der Waals surface area (Å²) in [6, 6.07) is 8.59. The first-order chi connectivity index (χ1) is 14.6. The smallest absolute Gasteiger partial charge is 0.225 e. The van der Waals surface area contributed by atoms with Gasteiger partial charge in [0.1, 0.15) is 5.75 Å². The van der Waals surface area contributed by atoms with Crippen LogP contribution in [0.25, 0.3) is 0 Å². The molecule has 1 aromatic rings. The standard InChI is InChI=1S/C24H36N4O2/c1-25-23(26-17-24(13-14-24)20-10-6-7-11-21(20)30-2)27-19-12-15-28(16-19)22(29)18-8-4-3-5-9-18/h6-7,10-11,18-19H,3-5,8-9,12-17H2,1-2H3,(H2,25,26,27). The van der Waals surface area contributed by atoms with Crippen LogP contribution in [-0.2, 0) is 10.2 Å². The fraction of sp³-hybridized carbons (Fsp3) is 0.667. The molecule has 1 saturated heterocycles. The lowest BCUT2D eigenvalue weighted by Gasteiger charge is -2.26. The molecule has 1 heterocycles. The van der Waals surface area contributed by atoms with Crippen LogP contribution in [0, 0.1) is 5.92 Å². The normalized spacial score (nSPS) is 23.9. The Hall–Kier alpha value is -2.24. The van der Waals surface area contributed by atoms with Gasteiger partial charge < -0.3 is 20.3 Å². The maximum absolute atomic E-state index is 12.8. The zero-order valence-electron chi connectivity index (χ0n) is 18.5.